The van der Waals surface area contributed by atoms with Gasteiger partial charge in [-0.15, -0.1) is 23.4 Å². The average molecular weight is 359 g/mol. The highest BCUT2D eigenvalue weighted by Crippen LogP contribution is 2.44. The van der Waals surface area contributed by atoms with E-state index in [1.807, 2.05) is 0 Å². The molecule has 1 aromatic carbocycles. The Morgan fingerprint density at radius 2 is 1.36 bits per heavy atom. The molecule has 0 spiro atoms. The predicted molar refractivity (Wildman–Crippen MR) is 104 cm³/mol. The summed E-state index contributed by atoms with van der Waals surface area (Å²) >= 11 is 7.52. The van der Waals surface area contributed by atoms with Crippen LogP contribution in [-0.4, -0.2) is 13.5 Å². The van der Waals surface area contributed by atoms with E-state index in [0.717, 1.165) is 5.75 Å². The quantitative estimate of drug-likeness (QED) is 0.291. The molecule has 0 saturated heterocycles. The summed E-state index contributed by atoms with van der Waals surface area (Å²) in [7, 11) is -1.90. The maximum Gasteiger partial charge on any atom is 0.258 e. The van der Waals surface area contributed by atoms with Gasteiger partial charge in [0.2, 0.25) is 0 Å². The van der Waals surface area contributed by atoms with Crippen LogP contribution < -0.4 is 4.43 Å². The highest BCUT2D eigenvalue weighted by atomic mass is 35.5. The molecule has 0 radical (unpaired) electrons. The zero-order chi connectivity index (χ0) is 17.1. The van der Waals surface area contributed by atoms with Crippen LogP contribution in [0.4, 0.5) is 0 Å². The number of hydrogen-bond acceptors (Lipinski definition) is 2. The van der Waals surface area contributed by atoms with E-state index in [1.165, 1.54) is 16.0 Å². The Balaban J connectivity index is 3.30. The van der Waals surface area contributed by atoms with Crippen molar-refractivity contribution in [1.82, 2.24) is 0 Å². The summed E-state index contributed by atoms with van der Waals surface area (Å²) in [6, 6.07) is 4.41. The van der Waals surface area contributed by atoms with Gasteiger partial charge in [-0.05, 0) is 53.7 Å². The van der Waals surface area contributed by atoms with Crippen molar-refractivity contribution in [3.8, 4) is 5.75 Å². The molecule has 0 N–H and O–H groups in total. The van der Waals surface area contributed by atoms with Crippen molar-refractivity contribution in [1.29, 1.82) is 0 Å². The van der Waals surface area contributed by atoms with E-state index < -0.39 is 8.32 Å². The monoisotopic (exact) mass is 358 g/mol. The predicted octanol–water partition coefficient (Wildman–Crippen LogP) is 7.15. The number of halogens is 1. The van der Waals surface area contributed by atoms with E-state index >= 15 is 0 Å². The molecule has 0 aliphatic heterocycles. The van der Waals surface area contributed by atoms with Gasteiger partial charge in [0.1, 0.15) is 5.75 Å². The van der Waals surface area contributed by atoms with E-state index in [2.05, 4.69) is 67.5 Å². The Labute approximate surface area is 147 Å². The lowest BCUT2D eigenvalue weighted by molar-refractivity contribution is 0.473. The Bertz CT molecular complexity index is 455. The van der Waals surface area contributed by atoms with Gasteiger partial charge in [0.25, 0.3) is 8.32 Å². The van der Waals surface area contributed by atoms with Crippen LogP contribution >= 0.6 is 23.4 Å². The van der Waals surface area contributed by atoms with Crippen LogP contribution in [0.2, 0.25) is 16.6 Å². The lowest BCUT2D eigenvalue weighted by Gasteiger charge is -2.43. The summed E-state index contributed by atoms with van der Waals surface area (Å²) in [5.41, 5.74) is 4.22. The fourth-order valence-corrected chi connectivity index (χ4v) is 10.2. The van der Waals surface area contributed by atoms with Crippen molar-refractivity contribution in [2.75, 3.05) is 5.21 Å². The molecule has 0 amide bonds. The number of benzene rings is 1. The third kappa shape index (κ3) is 4.04. The minimum absolute atomic E-state index is 0.585. The van der Waals surface area contributed by atoms with Gasteiger partial charge in [0.05, 0.1) is 5.21 Å². The standard InChI is InChI=1S/C18H31ClOSSi/c1-12(2)22(13(3)4,14(5)6)20-18-15(7)9-17(21-11-19)10-16(18)8/h9-10,12-14H,11H2,1-8H3. The molecule has 0 heterocycles. The number of alkyl halides is 1. The largest absolute Gasteiger partial charge is 0.542 e. The second-order valence-corrected chi connectivity index (χ2v) is 14.1. The fraction of sp³-hybridized carbons (Fsp3) is 0.667. The third-order valence-corrected chi connectivity index (χ3v) is 11.6. The first-order valence-corrected chi connectivity index (χ1v) is 11.8. The third-order valence-electron chi connectivity index (χ3n) is 4.64. The van der Waals surface area contributed by atoms with Crippen molar-refractivity contribution in [3.05, 3.63) is 23.3 Å². The summed E-state index contributed by atoms with van der Waals surface area (Å²) in [5, 5.41) is 0.585. The average Bonchev–Trinajstić information content (AvgIpc) is 2.37. The van der Waals surface area contributed by atoms with Crippen molar-refractivity contribution >= 4 is 31.7 Å². The zero-order valence-electron chi connectivity index (χ0n) is 15.3. The molecule has 4 heteroatoms. The molecule has 0 aromatic heterocycles. The van der Waals surface area contributed by atoms with Crippen LogP contribution in [0.15, 0.2) is 17.0 Å². The van der Waals surface area contributed by atoms with E-state index in [-0.39, 0.29) is 0 Å². The maximum absolute atomic E-state index is 6.88. The van der Waals surface area contributed by atoms with Crippen molar-refractivity contribution < 1.29 is 4.43 Å². The van der Waals surface area contributed by atoms with Crippen LogP contribution in [0.25, 0.3) is 0 Å². The van der Waals surface area contributed by atoms with Crippen molar-refractivity contribution in [2.24, 2.45) is 0 Å². The molecule has 0 saturated carbocycles. The second kappa shape index (κ2) is 8.12. The lowest BCUT2D eigenvalue weighted by atomic mass is 10.1. The van der Waals surface area contributed by atoms with E-state index in [1.54, 1.807) is 11.8 Å². The smallest absolute Gasteiger partial charge is 0.258 e. The first kappa shape index (κ1) is 19.9. The van der Waals surface area contributed by atoms with Gasteiger partial charge < -0.3 is 4.43 Å². The van der Waals surface area contributed by atoms with Crippen LogP contribution in [0, 0.1) is 13.8 Å². The fourth-order valence-electron chi connectivity index (χ4n) is 3.75. The van der Waals surface area contributed by atoms with Gasteiger partial charge in [-0.25, -0.2) is 0 Å². The maximum atomic E-state index is 6.88. The van der Waals surface area contributed by atoms with E-state index in [0.29, 0.717) is 21.8 Å². The Morgan fingerprint density at radius 1 is 0.955 bits per heavy atom. The van der Waals surface area contributed by atoms with Gasteiger partial charge in [-0.2, -0.15) is 0 Å². The molecule has 1 rings (SSSR count). The molecule has 0 fully saturated rings. The van der Waals surface area contributed by atoms with Crippen LogP contribution in [-0.2, 0) is 0 Å². The molecule has 22 heavy (non-hydrogen) atoms. The second-order valence-electron chi connectivity index (χ2n) is 7.06. The summed E-state index contributed by atoms with van der Waals surface area (Å²) in [5.74, 6) is 1.10. The number of hydrogen-bond donors (Lipinski definition) is 0. The lowest BCUT2D eigenvalue weighted by Crippen LogP contribution is -2.51. The van der Waals surface area contributed by atoms with Gasteiger partial charge in [-0.1, -0.05) is 41.5 Å². The highest BCUT2D eigenvalue weighted by molar-refractivity contribution is 8.00. The van der Waals surface area contributed by atoms with Crippen molar-refractivity contribution in [3.63, 3.8) is 0 Å². The van der Waals surface area contributed by atoms with Crippen LogP contribution in [0.5, 0.6) is 5.75 Å². The number of aryl methyl sites for hydroxylation is 2. The summed E-state index contributed by atoms with van der Waals surface area (Å²) in [6.07, 6.45) is 0. The molecule has 1 nitrogen and oxygen atoms in total. The topological polar surface area (TPSA) is 9.23 Å². The number of thioether (sulfide) groups is 1. The number of rotatable bonds is 7. The molecule has 0 aliphatic rings. The molecule has 126 valence electrons. The van der Waals surface area contributed by atoms with Crippen molar-refractivity contribution in [2.45, 2.75) is 76.9 Å². The first-order valence-electron chi connectivity index (χ1n) is 8.15. The van der Waals surface area contributed by atoms with Crippen LogP contribution in [0.1, 0.15) is 52.7 Å². The first-order chi connectivity index (χ1) is 10.2. The minimum Gasteiger partial charge on any atom is -0.542 e. The molecule has 0 aliphatic carbocycles. The summed E-state index contributed by atoms with van der Waals surface area (Å²) in [6.45, 7) is 18.3. The minimum atomic E-state index is -1.90. The molecule has 0 bridgehead atoms. The Hall–Kier alpha value is -0.123. The zero-order valence-corrected chi connectivity index (χ0v) is 17.9. The molecular weight excluding hydrogens is 328 g/mol. The van der Waals surface area contributed by atoms with E-state index in [4.69, 9.17) is 16.0 Å². The Kier molecular flexibility index (Phi) is 7.35. The molecule has 0 unspecified atom stereocenters. The highest BCUT2D eigenvalue weighted by Gasteiger charge is 2.47. The molecule has 1 aromatic rings. The van der Waals surface area contributed by atoms with Gasteiger partial charge in [0, 0.05) is 4.90 Å². The van der Waals surface area contributed by atoms with Crippen LogP contribution in [0.3, 0.4) is 0 Å². The van der Waals surface area contributed by atoms with Gasteiger partial charge >= 0.3 is 0 Å². The summed E-state index contributed by atoms with van der Waals surface area (Å²) < 4.78 is 6.88. The van der Waals surface area contributed by atoms with Gasteiger partial charge in [-0.3, -0.25) is 0 Å². The van der Waals surface area contributed by atoms with Gasteiger partial charge in [0.15, 0.2) is 0 Å². The molecule has 0 atom stereocenters. The SMILES string of the molecule is Cc1cc(SCCl)cc(C)c1O[Si](C(C)C)(C(C)C)C(C)C. The molecular formula is C18H31ClOSSi. The van der Waals surface area contributed by atoms with E-state index in [9.17, 15) is 0 Å². The normalized spacial score (nSPS) is 12.5. The summed E-state index contributed by atoms with van der Waals surface area (Å²) in [4.78, 5) is 1.23. The Morgan fingerprint density at radius 3 is 1.68 bits per heavy atom.